The van der Waals surface area contributed by atoms with Crippen molar-refractivity contribution in [2.75, 3.05) is 0 Å². The van der Waals surface area contributed by atoms with Gasteiger partial charge in [-0.2, -0.15) is 0 Å². The molecule has 0 fully saturated rings. The molecule has 0 bridgehead atoms. The van der Waals surface area contributed by atoms with Crippen molar-refractivity contribution in [1.29, 1.82) is 0 Å². The van der Waals surface area contributed by atoms with Crippen LogP contribution in [0.5, 0.6) is 5.75 Å². The lowest BCUT2D eigenvalue weighted by Crippen LogP contribution is -2.42. The molecule has 2 N–H and O–H groups in total. The van der Waals surface area contributed by atoms with E-state index < -0.39 is 28.4 Å². The van der Waals surface area contributed by atoms with Crippen LogP contribution in [0.3, 0.4) is 0 Å². The molecule has 0 saturated carbocycles. The second-order valence-corrected chi connectivity index (χ2v) is 8.86. The molecule has 0 radical (unpaired) electrons. The maximum Gasteiger partial charge on any atom is 0.337 e. The highest BCUT2D eigenvalue weighted by molar-refractivity contribution is 14.1. The number of aryl methyl sites for hydroxylation is 1. The van der Waals surface area contributed by atoms with E-state index in [-0.39, 0.29) is 35.4 Å². The van der Waals surface area contributed by atoms with E-state index in [1.54, 1.807) is 30.3 Å². The van der Waals surface area contributed by atoms with Crippen LogP contribution in [0.1, 0.15) is 16.7 Å². The van der Waals surface area contributed by atoms with Gasteiger partial charge in [0, 0.05) is 10.6 Å². The molecule has 10 heteroatoms. The molecule has 0 unspecified atom stereocenters. The topological polar surface area (TPSA) is 106 Å². The number of pyridine rings is 1. The molecule has 0 atom stereocenters. The monoisotopic (exact) mass is 563 g/mol. The van der Waals surface area contributed by atoms with Crippen LogP contribution in [0, 0.1) is 16.3 Å². The smallest absolute Gasteiger partial charge is 0.337 e. The van der Waals surface area contributed by atoms with Gasteiger partial charge in [-0.05, 0) is 58.8 Å². The van der Waals surface area contributed by atoms with Crippen LogP contribution in [0.25, 0.3) is 16.7 Å². The third-order valence-electron chi connectivity index (χ3n) is 5.55. The van der Waals surface area contributed by atoms with Gasteiger partial charge in [0.2, 0.25) is 0 Å². The highest BCUT2D eigenvalue weighted by Crippen LogP contribution is 2.25. The Labute approximate surface area is 199 Å². The number of aromatic nitrogens is 3. The van der Waals surface area contributed by atoms with E-state index in [0.717, 1.165) is 13.7 Å². The zero-order valence-electron chi connectivity index (χ0n) is 17.7. The Bertz CT molecular complexity index is 1590. The van der Waals surface area contributed by atoms with Crippen LogP contribution < -0.4 is 16.8 Å². The Hall–Kier alpha value is -3.25. The highest BCUT2D eigenvalue weighted by Gasteiger charge is 2.24. The predicted octanol–water partition coefficient (Wildman–Crippen LogP) is 2.15. The van der Waals surface area contributed by atoms with Crippen molar-refractivity contribution in [2.24, 2.45) is 7.05 Å². The minimum Gasteiger partial charge on any atom is -0.506 e. The molecule has 2 aromatic carbocycles. The number of aliphatic hydroxyl groups excluding tert-OH is 1. The maximum absolute atomic E-state index is 15.0. The normalized spacial score (nSPS) is 11.3. The number of hydrogen-bond donors (Lipinski definition) is 2. The Morgan fingerprint density at radius 3 is 2.24 bits per heavy atom. The van der Waals surface area contributed by atoms with Crippen LogP contribution in [-0.4, -0.2) is 23.9 Å². The maximum atomic E-state index is 15.0. The summed E-state index contributed by atoms with van der Waals surface area (Å²) in [5.41, 5.74) is -1.47. The second-order valence-electron chi connectivity index (χ2n) is 7.62. The molecule has 4 rings (SSSR count). The molecule has 4 aromatic rings. The molecular formula is C23H19FIN3O5. The number of aliphatic hydroxyl groups is 1. The summed E-state index contributed by atoms with van der Waals surface area (Å²) in [6.45, 7) is 1.05. The molecule has 8 nitrogen and oxygen atoms in total. The zero-order chi connectivity index (χ0) is 24.0. The molecule has 170 valence electrons. The molecule has 0 amide bonds. The summed E-state index contributed by atoms with van der Waals surface area (Å²) < 4.78 is 18.4. The quantitative estimate of drug-likeness (QED) is 0.371. The Kier molecular flexibility index (Phi) is 5.97. The van der Waals surface area contributed by atoms with E-state index in [0.29, 0.717) is 14.7 Å². The average molecular weight is 563 g/mol. The Morgan fingerprint density at radius 2 is 1.64 bits per heavy atom. The average Bonchev–Trinajstić information content (AvgIpc) is 2.80. The van der Waals surface area contributed by atoms with Gasteiger partial charge in [-0.1, -0.05) is 24.3 Å². The fourth-order valence-corrected chi connectivity index (χ4v) is 4.21. The number of fused-ring (bicyclic) bond motifs is 1. The van der Waals surface area contributed by atoms with Crippen LogP contribution >= 0.6 is 22.6 Å². The third kappa shape index (κ3) is 3.78. The first-order valence-corrected chi connectivity index (χ1v) is 11.0. The lowest BCUT2D eigenvalue weighted by atomic mass is 10.1. The van der Waals surface area contributed by atoms with Gasteiger partial charge in [0.1, 0.15) is 22.6 Å². The number of aromatic hydroxyl groups is 1. The molecule has 0 aliphatic carbocycles. The minimum absolute atomic E-state index is 0.0609. The summed E-state index contributed by atoms with van der Waals surface area (Å²) in [4.78, 5) is 39.6. The highest BCUT2D eigenvalue weighted by atomic mass is 127. The summed E-state index contributed by atoms with van der Waals surface area (Å²) in [5.74, 6) is -1.28. The van der Waals surface area contributed by atoms with Crippen molar-refractivity contribution >= 4 is 33.6 Å². The lowest BCUT2D eigenvalue weighted by Gasteiger charge is -2.18. The van der Waals surface area contributed by atoms with E-state index >= 15 is 0 Å². The first-order valence-electron chi connectivity index (χ1n) is 9.88. The van der Waals surface area contributed by atoms with Gasteiger partial charge < -0.3 is 10.2 Å². The molecule has 33 heavy (non-hydrogen) atoms. The first kappa shape index (κ1) is 22.9. The van der Waals surface area contributed by atoms with Gasteiger partial charge in [0.25, 0.3) is 11.1 Å². The molecule has 2 heterocycles. The number of benzene rings is 2. The summed E-state index contributed by atoms with van der Waals surface area (Å²) >= 11 is 1.93. The molecule has 0 saturated heterocycles. The fourth-order valence-electron chi connectivity index (χ4n) is 3.75. The van der Waals surface area contributed by atoms with Gasteiger partial charge in [0.15, 0.2) is 0 Å². The standard InChI is InChI=1S/C23H19FIN3O5/c1-12-19(30)18-20(26(2)21(12)31)28(17-8-7-15(25)9-16(17)24)23(33)27(22(18)32)10-13-3-5-14(11-29)6-4-13/h3-9,29-30H,10-11H2,1-2H3. The van der Waals surface area contributed by atoms with E-state index in [9.17, 15) is 29.0 Å². The zero-order valence-corrected chi connectivity index (χ0v) is 19.8. The fraction of sp³-hybridized carbons (Fsp3) is 0.174. The predicted molar refractivity (Wildman–Crippen MR) is 130 cm³/mol. The van der Waals surface area contributed by atoms with Crippen LogP contribution in [0.2, 0.25) is 0 Å². The Morgan fingerprint density at radius 1 is 1.00 bits per heavy atom. The number of rotatable bonds is 4. The largest absolute Gasteiger partial charge is 0.506 e. The van der Waals surface area contributed by atoms with Gasteiger partial charge in [0.05, 0.1) is 24.4 Å². The summed E-state index contributed by atoms with van der Waals surface area (Å²) in [6.07, 6.45) is 0. The Balaban J connectivity index is 2.15. The summed E-state index contributed by atoms with van der Waals surface area (Å²) in [5, 5.41) is 19.7. The van der Waals surface area contributed by atoms with Crippen molar-refractivity contribution in [3.8, 4) is 11.4 Å². The molecule has 0 aliphatic rings. The number of halogens is 2. The van der Waals surface area contributed by atoms with E-state index in [2.05, 4.69) is 0 Å². The molecule has 0 aliphatic heterocycles. The lowest BCUT2D eigenvalue weighted by molar-refractivity contribution is 0.282. The van der Waals surface area contributed by atoms with Gasteiger partial charge in [-0.3, -0.25) is 18.7 Å². The van der Waals surface area contributed by atoms with Crippen LogP contribution in [-0.2, 0) is 20.2 Å². The summed E-state index contributed by atoms with van der Waals surface area (Å²) in [7, 11) is 1.36. The van der Waals surface area contributed by atoms with Gasteiger partial charge in [-0.25, -0.2) is 13.8 Å². The van der Waals surface area contributed by atoms with Gasteiger partial charge >= 0.3 is 5.69 Å². The number of nitrogens with zero attached hydrogens (tertiary/aromatic N) is 3. The van der Waals surface area contributed by atoms with Crippen LogP contribution in [0.15, 0.2) is 56.8 Å². The van der Waals surface area contributed by atoms with E-state index in [1.165, 1.54) is 26.1 Å². The van der Waals surface area contributed by atoms with Crippen molar-refractivity contribution in [2.45, 2.75) is 20.1 Å². The summed E-state index contributed by atoms with van der Waals surface area (Å²) in [6, 6.07) is 10.8. The van der Waals surface area contributed by atoms with Crippen molar-refractivity contribution in [3.05, 3.63) is 99.7 Å². The molecular weight excluding hydrogens is 544 g/mol. The van der Waals surface area contributed by atoms with Gasteiger partial charge in [-0.15, -0.1) is 0 Å². The SMILES string of the molecule is Cc1c(O)c2c(=O)n(Cc3ccc(CO)cc3)c(=O)n(-c3ccc(I)cc3F)c2n(C)c1=O. The molecule has 0 spiro atoms. The second kappa shape index (κ2) is 8.60. The van der Waals surface area contributed by atoms with Crippen molar-refractivity contribution in [1.82, 2.24) is 13.7 Å². The van der Waals surface area contributed by atoms with Crippen molar-refractivity contribution < 1.29 is 14.6 Å². The van der Waals surface area contributed by atoms with E-state index in [1.807, 2.05) is 22.6 Å². The minimum atomic E-state index is -0.864. The first-order chi connectivity index (χ1) is 15.6. The third-order valence-corrected chi connectivity index (χ3v) is 6.22. The number of hydrogen-bond acceptors (Lipinski definition) is 5. The van der Waals surface area contributed by atoms with Crippen LogP contribution in [0.4, 0.5) is 4.39 Å². The molecule has 2 aromatic heterocycles. The van der Waals surface area contributed by atoms with E-state index in [4.69, 9.17) is 0 Å². The van der Waals surface area contributed by atoms with Crippen molar-refractivity contribution in [3.63, 3.8) is 0 Å².